The Morgan fingerprint density at radius 1 is 1.43 bits per heavy atom. The summed E-state index contributed by atoms with van der Waals surface area (Å²) in [6, 6.07) is 5.15. The topological polar surface area (TPSA) is 24.9 Å². The lowest BCUT2D eigenvalue weighted by Crippen LogP contribution is -2.25. The monoisotopic (exact) mass is 196 g/mol. The summed E-state index contributed by atoms with van der Waals surface area (Å²) in [6.07, 6.45) is 1.01. The fourth-order valence-electron chi connectivity index (χ4n) is 1.42. The number of pyridine rings is 1. The highest BCUT2D eigenvalue weighted by molar-refractivity contribution is 5.34. The number of hydrogen-bond acceptors (Lipinski definition) is 2. The lowest BCUT2D eigenvalue weighted by Gasteiger charge is -2.21. The van der Waals surface area contributed by atoms with Gasteiger partial charge in [-0.25, -0.2) is 4.98 Å². The molecule has 0 saturated heterocycles. The van der Waals surface area contributed by atoms with Crippen molar-refractivity contribution < 1.29 is 4.39 Å². The summed E-state index contributed by atoms with van der Waals surface area (Å²) >= 11 is 0. The molecule has 0 radical (unpaired) electrons. The number of nitrogens with zero attached hydrogens (tertiary/aromatic N) is 1. The zero-order valence-corrected chi connectivity index (χ0v) is 8.92. The quantitative estimate of drug-likeness (QED) is 0.748. The lowest BCUT2D eigenvalue weighted by molar-refractivity contribution is 0.507. The van der Waals surface area contributed by atoms with Crippen LogP contribution in [-0.4, -0.2) is 11.0 Å². The normalized spacial score (nSPS) is 12.9. The molecule has 0 aliphatic carbocycles. The Morgan fingerprint density at radius 3 is 2.64 bits per heavy atom. The molecule has 2 nitrogen and oxygen atoms in total. The molecule has 0 saturated carbocycles. The zero-order chi connectivity index (χ0) is 10.6. The van der Waals surface area contributed by atoms with Crippen molar-refractivity contribution in [2.24, 2.45) is 5.92 Å². The third-order valence-electron chi connectivity index (χ3n) is 2.29. The molecule has 14 heavy (non-hydrogen) atoms. The average Bonchev–Trinajstić information content (AvgIpc) is 2.14. The van der Waals surface area contributed by atoms with E-state index in [2.05, 4.69) is 31.1 Å². The van der Waals surface area contributed by atoms with Crippen molar-refractivity contribution in [2.75, 3.05) is 5.32 Å². The number of aromatic nitrogens is 1. The molecule has 1 N–H and O–H groups in total. The Kier molecular flexibility index (Phi) is 3.86. The van der Waals surface area contributed by atoms with Crippen LogP contribution >= 0.6 is 0 Å². The molecule has 0 spiro atoms. The Hall–Kier alpha value is -1.12. The van der Waals surface area contributed by atoms with Gasteiger partial charge >= 0.3 is 0 Å². The van der Waals surface area contributed by atoms with Crippen molar-refractivity contribution in [3.8, 4) is 0 Å². The summed E-state index contributed by atoms with van der Waals surface area (Å²) in [6.45, 7) is 6.39. The molecule has 1 atom stereocenters. The molecule has 0 amide bonds. The molecule has 1 aromatic rings. The van der Waals surface area contributed by atoms with Crippen LogP contribution in [0.4, 0.5) is 10.2 Å². The second-order valence-electron chi connectivity index (χ2n) is 3.75. The van der Waals surface area contributed by atoms with E-state index in [1.165, 1.54) is 6.07 Å². The van der Waals surface area contributed by atoms with Crippen molar-refractivity contribution in [1.82, 2.24) is 4.98 Å². The third kappa shape index (κ3) is 2.98. The van der Waals surface area contributed by atoms with Gasteiger partial charge in [0, 0.05) is 6.04 Å². The maximum atomic E-state index is 12.8. The van der Waals surface area contributed by atoms with Crippen molar-refractivity contribution >= 4 is 5.82 Å². The van der Waals surface area contributed by atoms with E-state index < -0.39 is 5.95 Å². The van der Waals surface area contributed by atoms with Crippen LogP contribution in [0.25, 0.3) is 0 Å². The maximum Gasteiger partial charge on any atom is 0.214 e. The van der Waals surface area contributed by atoms with Gasteiger partial charge in [0.25, 0.3) is 0 Å². The largest absolute Gasteiger partial charge is 0.367 e. The number of halogens is 1. The Balaban J connectivity index is 2.67. The molecule has 0 aliphatic heterocycles. The number of rotatable bonds is 4. The van der Waals surface area contributed by atoms with Gasteiger partial charge in [-0.05, 0) is 24.5 Å². The molecular weight excluding hydrogens is 179 g/mol. The molecule has 0 bridgehead atoms. The average molecular weight is 196 g/mol. The van der Waals surface area contributed by atoms with Crippen LogP contribution in [0, 0.1) is 11.9 Å². The minimum atomic E-state index is -0.436. The Bertz CT molecular complexity index is 286. The SMILES string of the molecule is CCC(Nc1cccc(F)n1)C(C)C. The van der Waals surface area contributed by atoms with Crippen molar-refractivity contribution in [1.29, 1.82) is 0 Å². The predicted octanol–water partition coefficient (Wildman–Crippen LogP) is 3.07. The van der Waals surface area contributed by atoms with Crippen LogP contribution in [0.5, 0.6) is 0 Å². The molecule has 1 rings (SSSR count). The van der Waals surface area contributed by atoms with Gasteiger partial charge in [0.1, 0.15) is 5.82 Å². The van der Waals surface area contributed by atoms with Crippen LogP contribution in [0.15, 0.2) is 18.2 Å². The van der Waals surface area contributed by atoms with E-state index in [0.717, 1.165) is 6.42 Å². The molecule has 0 fully saturated rings. The molecule has 1 heterocycles. The van der Waals surface area contributed by atoms with Crippen LogP contribution in [-0.2, 0) is 0 Å². The summed E-state index contributed by atoms with van der Waals surface area (Å²) in [5.74, 6) is 0.698. The van der Waals surface area contributed by atoms with E-state index >= 15 is 0 Å². The van der Waals surface area contributed by atoms with E-state index in [1.807, 2.05) is 0 Å². The van der Waals surface area contributed by atoms with Gasteiger partial charge in [-0.15, -0.1) is 0 Å². The summed E-state index contributed by atoms with van der Waals surface area (Å²) in [5.41, 5.74) is 0. The van der Waals surface area contributed by atoms with Crippen molar-refractivity contribution in [2.45, 2.75) is 33.2 Å². The first-order chi connectivity index (χ1) is 6.63. The van der Waals surface area contributed by atoms with E-state index in [-0.39, 0.29) is 0 Å². The number of nitrogens with one attached hydrogen (secondary N) is 1. The van der Waals surface area contributed by atoms with Crippen molar-refractivity contribution in [3.05, 3.63) is 24.1 Å². The molecule has 0 aliphatic rings. The highest BCUT2D eigenvalue weighted by atomic mass is 19.1. The predicted molar refractivity (Wildman–Crippen MR) is 56.7 cm³/mol. The molecule has 3 heteroatoms. The van der Waals surface area contributed by atoms with E-state index in [4.69, 9.17) is 0 Å². The maximum absolute atomic E-state index is 12.8. The van der Waals surface area contributed by atoms with E-state index in [1.54, 1.807) is 12.1 Å². The van der Waals surface area contributed by atoms with Gasteiger partial charge in [-0.1, -0.05) is 26.8 Å². The van der Waals surface area contributed by atoms with Crippen LogP contribution in [0.2, 0.25) is 0 Å². The molecule has 1 unspecified atom stereocenters. The second-order valence-corrected chi connectivity index (χ2v) is 3.75. The van der Waals surface area contributed by atoms with Crippen LogP contribution in [0.1, 0.15) is 27.2 Å². The molecule has 0 aromatic carbocycles. The fraction of sp³-hybridized carbons (Fsp3) is 0.545. The first-order valence-corrected chi connectivity index (χ1v) is 5.02. The minimum absolute atomic E-state index is 0.351. The molecule has 1 aromatic heterocycles. The summed E-state index contributed by atoms with van der Waals surface area (Å²) in [5, 5.41) is 3.22. The standard InChI is InChI=1S/C11H17FN2/c1-4-9(8(2)3)13-11-7-5-6-10(12)14-11/h5-9H,4H2,1-3H3,(H,13,14). The smallest absolute Gasteiger partial charge is 0.214 e. The summed E-state index contributed by atoms with van der Waals surface area (Å²) in [4.78, 5) is 3.77. The van der Waals surface area contributed by atoms with Crippen LogP contribution < -0.4 is 5.32 Å². The molecule has 78 valence electrons. The highest BCUT2D eigenvalue weighted by Gasteiger charge is 2.10. The highest BCUT2D eigenvalue weighted by Crippen LogP contribution is 2.12. The zero-order valence-electron chi connectivity index (χ0n) is 8.92. The lowest BCUT2D eigenvalue weighted by atomic mass is 10.0. The van der Waals surface area contributed by atoms with E-state index in [0.29, 0.717) is 17.8 Å². The second kappa shape index (κ2) is 4.94. The Labute approximate surface area is 84.6 Å². The van der Waals surface area contributed by atoms with Crippen LogP contribution in [0.3, 0.4) is 0 Å². The summed E-state index contributed by atoms with van der Waals surface area (Å²) < 4.78 is 12.8. The third-order valence-corrected chi connectivity index (χ3v) is 2.29. The van der Waals surface area contributed by atoms with Gasteiger partial charge in [0.15, 0.2) is 0 Å². The van der Waals surface area contributed by atoms with Gasteiger partial charge < -0.3 is 5.32 Å². The van der Waals surface area contributed by atoms with Crippen molar-refractivity contribution in [3.63, 3.8) is 0 Å². The van der Waals surface area contributed by atoms with Gasteiger partial charge in [0.05, 0.1) is 0 Å². The Morgan fingerprint density at radius 2 is 2.14 bits per heavy atom. The number of anilines is 1. The first kappa shape index (κ1) is 11.0. The van der Waals surface area contributed by atoms with Gasteiger partial charge in [0.2, 0.25) is 5.95 Å². The first-order valence-electron chi connectivity index (χ1n) is 5.02. The van der Waals surface area contributed by atoms with Gasteiger partial charge in [-0.2, -0.15) is 4.39 Å². The number of hydrogen-bond donors (Lipinski definition) is 1. The summed E-state index contributed by atoms with van der Waals surface area (Å²) in [7, 11) is 0. The minimum Gasteiger partial charge on any atom is -0.367 e. The molecular formula is C11H17FN2. The van der Waals surface area contributed by atoms with Gasteiger partial charge in [-0.3, -0.25) is 0 Å². The van der Waals surface area contributed by atoms with E-state index in [9.17, 15) is 4.39 Å². The fourth-order valence-corrected chi connectivity index (χ4v) is 1.42.